The molecular formula is C20H18F4N4O2. The van der Waals surface area contributed by atoms with E-state index in [2.05, 4.69) is 4.98 Å². The van der Waals surface area contributed by atoms with Crippen LogP contribution in [-0.2, 0) is 6.18 Å². The molecule has 3 aromatic rings. The van der Waals surface area contributed by atoms with Crippen molar-refractivity contribution in [3.8, 4) is 11.1 Å². The third-order valence-corrected chi connectivity index (χ3v) is 5.61. The number of nitro groups is 1. The van der Waals surface area contributed by atoms with Gasteiger partial charge < -0.3 is 10.3 Å². The minimum Gasteiger partial charge on any atom is -0.393 e. The Kier molecular flexibility index (Phi) is 4.87. The molecule has 158 valence electrons. The molecule has 4 rings (SSSR count). The number of halogens is 4. The van der Waals surface area contributed by atoms with Crippen LogP contribution < -0.4 is 5.73 Å². The smallest absolute Gasteiger partial charge is 0.393 e. The lowest BCUT2D eigenvalue weighted by Crippen LogP contribution is -2.14. The molecule has 1 aliphatic rings. The van der Waals surface area contributed by atoms with E-state index in [0.29, 0.717) is 17.6 Å². The molecule has 2 aromatic carbocycles. The number of aromatic nitrogens is 2. The van der Waals surface area contributed by atoms with Gasteiger partial charge in [-0.1, -0.05) is 25.3 Å². The fourth-order valence-corrected chi connectivity index (χ4v) is 4.21. The molecule has 0 bridgehead atoms. The van der Waals surface area contributed by atoms with E-state index in [4.69, 9.17) is 5.73 Å². The van der Waals surface area contributed by atoms with Crippen LogP contribution in [0.2, 0.25) is 0 Å². The Morgan fingerprint density at radius 3 is 2.50 bits per heavy atom. The Labute approximate surface area is 168 Å². The summed E-state index contributed by atoms with van der Waals surface area (Å²) in [4.78, 5) is 14.8. The molecular weight excluding hydrogens is 404 g/mol. The minimum atomic E-state index is -5.15. The van der Waals surface area contributed by atoms with Gasteiger partial charge in [-0.05, 0) is 36.6 Å². The predicted molar refractivity (Wildman–Crippen MR) is 103 cm³/mol. The van der Waals surface area contributed by atoms with Crippen LogP contribution in [-0.4, -0.2) is 14.5 Å². The normalized spacial score (nSPS) is 15.6. The largest absolute Gasteiger partial charge is 0.421 e. The van der Waals surface area contributed by atoms with Gasteiger partial charge >= 0.3 is 11.9 Å². The third-order valence-electron chi connectivity index (χ3n) is 5.61. The molecule has 6 nitrogen and oxygen atoms in total. The fraction of sp³-hybridized carbons (Fsp3) is 0.350. The molecule has 1 aromatic heterocycles. The maximum absolute atomic E-state index is 14.3. The molecule has 0 saturated heterocycles. The van der Waals surface area contributed by atoms with Crippen LogP contribution in [0, 0.1) is 15.9 Å². The van der Waals surface area contributed by atoms with E-state index >= 15 is 0 Å². The summed E-state index contributed by atoms with van der Waals surface area (Å²) < 4.78 is 55.7. The number of alkyl halides is 3. The van der Waals surface area contributed by atoms with Gasteiger partial charge in [0.05, 0.1) is 27.8 Å². The summed E-state index contributed by atoms with van der Waals surface area (Å²) >= 11 is 0. The fourth-order valence-electron chi connectivity index (χ4n) is 4.21. The number of nitrogen functional groups attached to an aromatic ring is 1. The number of nitrogens with zero attached hydrogens (tertiary/aromatic N) is 3. The van der Waals surface area contributed by atoms with Crippen molar-refractivity contribution in [2.45, 2.75) is 44.3 Å². The zero-order valence-corrected chi connectivity index (χ0v) is 15.7. The predicted octanol–water partition coefficient (Wildman–Crippen LogP) is 5.86. The van der Waals surface area contributed by atoms with E-state index in [0.717, 1.165) is 31.2 Å². The van der Waals surface area contributed by atoms with Crippen LogP contribution in [0.5, 0.6) is 0 Å². The maximum atomic E-state index is 14.3. The van der Waals surface area contributed by atoms with Crippen LogP contribution in [0.4, 0.5) is 28.9 Å². The summed E-state index contributed by atoms with van der Waals surface area (Å²) in [6, 6.07) is 5.53. The molecule has 0 unspecified atom stereocenters. The summed E-state index contributed by atoms with van der Waals surface area (Å²) in [5.74, 6) is -1.66. The van der Waals surface area contributed by atoms with Crippen molar-refractivity contribution in [1.29, 1.82) is 0 Å². The number of anilines is 1. The SMILES string of the molecule is Nc1c([N+](=O)[O-])c(-c2ccc3c(c2)ncn3C2CCCCC2)cc(F)c1C(F)(F)F. The van der Waals surface area contributed by atoms with Gasteiger partial charge in [0, 0.05) is 6.04 Å². The second kappa shape index (κ2) is 7.26. The first kappa shape index (κ1) is 20.1. The quantitative estimate of drug-likeness (QED) is 0.248. The molecule has 1 saturated carbocycles. The van der Waals surface area contributed by atoms with Gasteiger partial charge in [0.2, 0.25) is 0 Å². The molecule has 1 fully saturated rings. The Hall–Kier alpha value is -3.17. The van der Waals surface area contributed by atoms with Gasteiger partial charge in [-0.2, -0.15) is 13.2 Å². The summed E-state index contributed by atoms with van der Waals surface area (Å²) in [6.07, 6.45) is 2.04. The van der Waals surface area contributed by atoms with Gasteiger partial charge in [-0.25, -0.2) is 9.37 Å². The lowest BCUT2D eigenvalue weighted by molar-refractivity contribution is -0.383. The highest BCUT2D eigenvalue weighted by Crippen LogP contribution is 2.45. The number of rotatable bonds is 3. The Bertz CT molecular complexity index is 1130. The number of nitro benzene ring substituents is 1. The van der Waals surface area contributed by atoms with E-state index in [1.54, 1.807) is 12.4 Å². The molecule has 1 aliphatic carbocycles. The first-order valence-electron chi connectivity index (χ1n) is 9.49. The number of hydrogen-bond donors (Lipinski definition) is 1. The molecule has 0 amide bonds. The second-order valence-corrected chi connectivity index (χ2v) is 7.45. The van der Waals surface area contributed by atoms with E-state index in [9.17, 15) is 27.7 Å². The number of imidazole rings is 1. The Morgan fingerprint density at radius 2 is 1.87 bits per heavy atom. The van der Waals surface area contributed by atoms with Crippen LogP contribution >= 0.6 is 0 Å². The molecule has 10 heteroatoms. The molecule has 0 atom stereocenters. The van der Waals surface area contributed by atoms with Crippen LogP contribution in [0.25, 0.3) is 22.2 Å². The summed E-state index contributed by atoms with van der Waals surface area (Å²) in [6.45, 7) is 0. The third kappa shape index (κ3) is 3.35. The minimum absolute atomic E-state index is 0.169. The summed E-state index contributed by atoms with van der Waals surface area (Å²) in [7, 11) is 0. The number of nitrogens with two attached hydrogens (primary N) is 1. The van der Waals surface area contributed by atoms with Crippen molar-refractivity contribution < 1.29 is 22.5 Å². The van der Waals surface area contributed by atoms with Gasteiger partial charge in [-0.15, -0.1) is 0 Å². The van der Waals surface area contributed by atoms with Crippen molar-refractivity contribution >= 4 is 22.4 Å². The summed E-state index contributed by atoms with van der Waals surface area (Å²) in [5, 5.41) is 11.5. The van der Waals surface area contributed by atoms with Crippen molar-refractivity contribution in [2.75, 3.05) is 5.73 Å². The van der Waals surface area contributed by atoms with Crippen LogP contribution in [0.3, 0.4) is 0 Å². The first-order chi connectivity index (χ1) is 14.2. The lowest BCUT2D eigenvalue weighted by atomic mass is 9.95. The average Bonchev–Trinajstić information content (AvgIpc) is 3.10. The first-order valence-corrected chi connectivity index (χ1v) is 9.49. The zero-order valence-electron chi connectivity index (χ0n) is 15.7. The molecule has 0 spiro atoms. The Morgan fingerprint density at radius 1 is 1.17 bits per heavy atom. The summed E-state index contributed by atoms with van der Waals surface area (Å²) in [5.41, 5.74) is 2.53. The van der Waals surface area contributed by atoms with Crippen molar-refractivity contribution in [3.63, 3.8) is 0 Å². The topological polar surface area (TPSA) is 87.0 Å². The maximum Gasteiger partial charge on any atom is 0.421 e. The van der Waals surface area contributed by atoms with Gasteiger partial charge in [0.25, 0.3) is 0 Å². The average molecular weight is 422 g/mol. The van der Waals surface area contributed by atoms with E-state index < -0.39 is 33.9 Å². The highest BCUT2D eigenvalue weighted by Gasteiger charge is 2.41. The lowest BCUT2D eigenvalue weighted by Gasteiger charge is -2.23. The van der Waals surface area contributed by atoms with Crippen molar-refractivity contribution in [3.05, 3.63) is 52.1 Å². The van der Waals surface area contributed by atoms with Crippen molar-refractivity contribution in [2.24, 2.45) is 0 Å². The van der Waals surface area contributed by atoms with Gasteiger partial charge in [0.15, 0.2) is 0 Å². The zero-order chi connectivity index (χ0) is 21.6. The number of benzene rings is 2. The van der Waals surface area contributed by atoms with Gasteiger partial charge in [0.1, 0.15) is 17.1 Å². The van der Waals surface area contributed by atoms with Crippen LogP contribution in [0.1, 0.15) is 43.7 Å². The van der Waals surface area contributed by atoms with Gasteiger partial charge in [-0.3, -0.25) is 10.1 Å². The van der Waals surface area contributed by atoms with E-state index in [-0.39, 0.29) is 11.1 Å². The monoisotopic (exact) mass is 422 g/mol. The van der Waals surface area contributed by atoms with Crippen LogP contribution in [0.15, 0.2) is 30.6 Å². The number of hydrogen-bond acceptors (Lipinski definition) is 4. The molecule has 0 radical (unpaired) electrons. The van der Waals surface area contributed by atoms with E-state index in [1.165, 1.54) is 18.6 Å². The molecule has 2 N–H and O–H groups in total. The van der Waals surface area contributed by atoms with Crippen molar-refractivity contribution in [1.82, 2.24) is 9.55 Å². The number of fused-ring (bicyclic) bond motifs is 1. The highest BCUT2D eigenvalue weighted by atomic mass is 19.4. The highest BCUT2D eigenvalue weighted by molar-refractivity contribution is 5.88. The molecule has 0 aliphatic heterocycles. The van der Waals surface area contributed by atoms with E-state index in [1.807, 2.05) is 4.57 Å². The molecule has 30 heavy (non-hydrogen) atoms. The molecule has 1 heterocycles. The Balaban J connectivity index is 1.85. The second-order valence-electron chi connectivity index (χ2n) is 7.45. The standard InChI is InChI=1S/C20H18F4N4O2/c21-14-9-13(19(28(29)30)18(25)17(14)20(22,23)24)11-6-7-16-15(8-11)26-10-27(16)12-4-2-1-3-5-12/h6-10,12H,1-5,25H2.